The number of rotatable bonds is 2. The molecule has 0 aliphatic rings. The predicted molar refractivity (Wildman–Crippen MR) is 75.2 cm³/mol. The fraction of sp³-hybridized carbons (Fsp3) is 0.267. The summed E-state index contributed by atoms with van der Waals surface area (Å²) in [5, 5.41) is 3.69. The van der Waals surface area contributed by atoms with Gasteiger partial charge in [0.1, 0.15) is 5.69 Å². The Kier molecular flexibility index (Phi) is 3.34. The van der Waals surface area contributed by atoms with E-state index in [4.69, 9.17) is 0 Å². The van der Waals surface area contributed by atoms with Crippen LogP contribution in [0.5, 0.6) is 0 Å². The monoisotopic (exact) mass is 256 g/mol. The van der Waals surface area contributed by atoms with Crippen LogP contribution in [0.3, 0.4) is 0 Å². The number of nitrogens with zero attached hydrogens (tertiary/aromatic N) is 1. The number of aromatic nitrogens is 1. The van der Waals surface area contributed by atoms with Gasteiger partial charge in [-0.15, -0.1) is 0 Å². The molecule has 0 bridgehead atoms. The molecule has 2 aromatic rings. The highest BCUT2D eigenvalue weighted by atomic mass is 16.2. The summed E-state index contributed by atoms with van der Waals surface area (Å²) in [7, 11) is 0. The number of amides is 1. The molecule has 1 aromatic heterocycles. The van der Waals surface area contributed by atoms with Crippen LogP contribution in [0.1, 0.15) is 31.3 Å². The summed E-state index contributed by atoms with van der Waals surface area (Å²) in [6, 6.07) is 9.00. The minimum atomic E-state index is -0.494. The Bertz CT molecular complexity index is 642. The fourth-order valence-corrected chi connectivity index (χ4v) is 1.67. The zero-order chi connectivity index (χ0) is 14.0. The number of para-hydroxylation sites is 1. The van der Waals surface area contributed by atoms with Gasteiger partial charge in [-0.05, 0) is 12.1 Å². The average molecular weight is 256 g/mol. The first-order chi connectivity index (χ1) is 8.91. The van der Waals surface area contributed by atoms with Crippen molar-refractivity contribution in [2.75, 3.05) is 5.32 Å². The number of hydrogen-bond donors (Lipinski definition) is 1. The van der Waals surface area contributed by atoms with E-state index in [-0.39, 0.29) is 5.91 Å². The largest absolute Gasteiger partial charge is 0.325 e. The molecule has 19 heavy (non-hydrogen) atoms. The van der Waals surface area contributed by atoms with Gasteiger partial charge in [-0.25, -0.2) is 4.98 Å². The predicted octanol–water partition coefficient (Wildman–Crippen LogP) is 3.03. The maximum Gasteiger partial charge on any atom is 0.229 e. The summed E-state index contributed by atoms with van der Waals surface area (Å²) < 4.78 is 0. The molecule has 0 spiro atoms. The van der Waals surface area contributed by atoms with E-state index in [9.17, 15) is 9.59 Å². The van der Waals surface area contributed by atoms with E-state index in [1.807, 2.05) is 45.0 Å². The van der Waals surface area contributed by atoms with Crippen LogP contribution in [0.2, 0.25) is 0 Å². The van der Waals surface area contributed by atoms with Crippen molar-refractivity contribution in [2.24, 2.45) is 5.41 Å². The van der Waals surface area contributed by atoms with Crippen LogP contribution in [0, 0.1) is 5.41 Å². The van der Waals surface area contributed by atoms with E-state index < -0.39 is 5.41 Å². The second-order valence-electron chi connectivity index (χ2n) is 5.43. The van der Waals surface area contributed by atoms with Crippen molar-refractivity contribution in [2.45, 2.75) is 20.8 Å². The minimum absolute atomic E-state index is 0.0966. The second-order valence-corrected chi connectivity index (χ2v) is 5.43. The zero-order valence-electron chi connectivity index (χ0n) is 11.2. The van der Waals surface area contributed by atoms with Crippen LogP contribution >= 0.6 is 0 Å². The van der Waals surface area contributed by atoms with E-state index in [0.29, 0.717) is 23.2 Å². The van der Waals surface area contributed by atoms with Crippen LogP contribution in [0.15, 0.2) is 30.3 Å². The molecule has 0 unspecified atom stereocenters. The number of carbonyl (C=O) groups is 2. The summed E-state index contributed by atoms with van der Waals surface area (Å²) in [6.07, 6.45) is 0.680. The molecule has 4 nitrogen and oxygen atoms in total. The standard InChI is InChI=1S/C15H16N2O2/c1-15(2,3)14(19)17-13-8-10(9-18)16-12-7-5-4-6-11(12)13/h4-9H,1-3H3,(H,16,17,19). The number of aldehydes is 1. The molecule has 1 aromatic carbocycles. The quantitative estimate of drug-likeness (QED) is 0.840. The third-order valence-electron chi connectivity index (χ3n) is 2.79. The molecule has 0 fully saturated rings. The van der Waals surface area contributed by atoms with Crippen molar-refractivity contribution >= 4 is 28.8 Å². The molecule has 0 saturated carbocycles. The van der Waals surface area contributed by atoms with Gasteiger partial charge >= 0.3 is 0 Å². The number of hydrogen-bond acceptors (Lipinski definition) is 3. The molecule has 0 aliphatic carbocycles. The number of fused-ring (bicyclic) bond motifs is 1. The van der Waals surface area contributed by atoms with E-state index in [0.717, 1.165) is 5.39 Å². The Morgan fingerprint density at radius 1 is 1.26 bits per heavy atom. The van der Waals surface area contributed by atoms with Crippen LogP contribution in [0.4, 0.5) is 5.69 Å². The van der Waals surface area contributed by atoms with Gasteiger partial charge in [0.05, 0.1) is 11.2 Å². The number of benzene rings is 1. The topological polar surface area (TPSA) is 59.1 Å². The van der Waals surface area contributed by atoms with Crippen LogP contribution in [0.25, 0.3) is 10.9 Å². The maximum absolute atomic E-state index is 12.1. The van der Waals surface area contributed by atoms with Gasteiger partial charge in [-0.3, -0.25) is 9.59 Å². The van der Waals surface area contributed by atoms with Crippen molar-refractivity contribution in [3.05, 3.63) is 36.0 Å². The van der Waals surface area contributed by atoms with Gasteiger partial charge in [0.15, 0.2) is 6.29 Å². The highest BCUT2D eigenvalue weighted by molar-refractivity contribution is 6.03. The first-order valence-corrected chi connectivity index (χ1v) is 6.08. The molecule has 0 atom stereocenters. The molecule has 2 rings (SSSR count). The first kappa shape index (κ1) is 13.2. The van der Waals surface area contributed by atoms with Crippen molar-refractivity contribution < 1.29 is 9.59 Å². The second kappa shape index (κ2) is 4.80. The average Bonchev–Trinajstić information content (AvgIpc) is 2.37. The number of nitrogens with one attached hydrogen (secondary N) is 1. The molecule has 1 amide bonds. The van der Waals surface area contributed by atoms with Crippen molar-refractivity contribution in [3.63, 3.8) is 0 Å². The highest BCUT2D eigenvalue weighted by Gasteiger charge is 2.22. The van der Waals surface area contributed by atoms with E-state index in [1.54, 1.807) is 6.07 Å². The molecule has 1 N–H and O–H groups in total. The van der Waals surface area contributed by atoms with Crippen LogP contribution < -0.4 is 5.32 Å². The first-order valence-electron chi connectivity index (χ1n) is 6.08. The highest BCUT2D eigenvalue weighted by Crippen LogP contribution is 2.25. The number of carbonyl (C=O) groups excluding carboxylic acids is 2. The fourth-order valence-electron chi connectivity index (χ4n) is 1.67. The molecule has 98 valence electrons. The van der Waals surface area contributed by atoms with Gasteiger partial charge in [0.2, 0.25) is 5.91 Å². The normalized spacial score (nSPS) is 11.3. The summed E-state index contributed by atoms with van der Waals surface area (Å²) >= 11 is 0. The molecule has 0 saturated heterocycles. The molecule has 0 radical (unpaired) electrons. The Hall–Kier alpha value is -2.23. The lowest BCUT2D eigenvalue weighted by Crippen LogP contribution is -2.27. The summed E-state index contributed by atoms with van der Waals surface area (Å²) in [5.41, 5.74) is 1.12. The summed E-state index contributed by atoms with van der Waals surface area (Å²) in [5.74, 6) is -0.0966. The van der Waals surface area contributed by atoms with Crippen molar-refractivity contribution in [1.82, 2.24) is 4.98 Å². The number of pyridine rings is 1. The number of anilines is 1. The van der Waals surface area contributed by atoms with E-state index in [2.05, 4.69) is 10.3 Å². The van der Waals surface area contributed by atoms with Gasteiger partial charge in [0, 0.05) is 10.8 Å². The van der Waals surface area contributed by atoms with Gasteiger partial charge in [0.25, 0.3) is 0 Å². The lowest BCUT2D eigenvalue weighted by molar-refractivity contribution is -0.123. The van der Waals surface area contributed by atoms with Gasteiger partial charge in [-0.1, -0.05) is 39.0 Å². The van der Waals surface area contributed by atoms with E-state index in [1.165, 1.54) is 0 Å². The summed E-state index contributed by atoms with van der Waals surface area (Å²) in [6.45, 7) is 5.52. The molecular weight excluding hydrogens is 240 g/mol. The molecule has 1 heterocycles. The van der Waals surface area contributed by atoms with Crippen LogP contribution in [-0.2, 0) is 4.79 Å². The third-order valence-corrected chi connectivity index (χ3v) is 2.79. The van der Waals surface area contributed by atoms with Crippen molar-refractivity contribution in [1.29, 1.82) is 0 Å². The Morgan fingerprint density at radius 2 is 1.95 bits per heavy atom. The Morgan fingerprint density at radius 3 is 2.58 bits per heavy atom. The lowest BCUT2D eigenvalue weighted by atomic mass is 9.95. The van der Waals surface area contributed by atoms with Gasteiger partial charge in [-0.2, -0.15) is 0 Å². The zero-order valence-corrected chi connectivity index (χ0v) is 11.2. The Balaban J connectivity index is 2.52. The molecule has 4 heteroatoms. The SMILES string of the molecule is CC(C)(C)C(=O)Nc1cc(C=O)nc2ccccc12. The van der Waals surface area contributed by atoms with Crippen LogP contribution in [-0.4, -0.2) is 17.2 Å². The minimum Gasteiger partial charge on any atom is -0.325 e. The van der Waals surface area contributed by atoms with Gasteiger partial charge < -0.3 is 5.32 Å². The maximum atomic E-state index is 12.1. The molecule has 0 aliphatic heterocycles. The summed E-state index contributed by atoms with van der Waals surface area (Å²) in [4.78, 5) is 27.2. The lowest BCUT2D eigenvalue weighted by Gasteiger charge is -2.18. The Labute approximate surface area is 111 Å². The third kappa shape index (κ3) is 2.78. The van der Waals surface area contributed by atoms with Crippen molar-refractivity contribution in [3.8, 4) is 0 Å². The van der Waals surface area contributed by atoms with E-state index >= 15 is 0 Å². The molecular formula is C15H16N2O2. The smallest absolute Gasteiger partial charge is 0.229 e.